The number of nitrogens with one attached hydrogen (secondary N) is 1. The molecule has 1 amide bonds. The van der Waals surface area contributed by atoms with Crippen molar-refractivity contribution in [2.24, 2.45) is 0 Å². The van der Waals surface area contributed by atoms with E-state index < -0.39 is 10.0 Å². The zero-order chi connectivity index (χ0) is 11.5. The van der Waals surface area contributed by atoms with E-state index in [1.807, 2.05) is 0 Å². The summed E-state index contributed by atoms with van der Waals surface area (Å²) in [5.41, 5.74) is 0.0619. The first-order valence-electron chi connectivity index (χ1n) is 4.05. The van der Waals surface area contributed by atoms with Crippen LogP contribution in [0.5, 0.6) is 0 Å². The number of Topliss-reactive ketones (excluding diaryl/α,β-unsaturated/α-hetero) is 1. The Labute approximate surface area is 87.2 Å². The van der Waals surface area contributed by atoms with Crippen molar-refractivity contribution in [2.45, 2.75) is 11.8 Å². The van der Waals surface area contributed by atoms with Gasteiger partial charge in [0.1, 0.15) is 0 Å². The number of carbonyl (C=O) groups excluding carboxylic acids is 2. The van der Waals surface area contributed by atoms with Gasteiger partial charge in [0.25, 0.3) is 10.0 Å². The maximum Gasteiger partial charge on any atom is 0.264 e. The minimum absolute atomic E-state index is 0.0618. The molecule has 0 aliphatic carbocycles. The molecule has 0 aromatic heterocycles. The number of rotatable bonds is 4. The van der Waals surface area contributed by atoms with Gasteiger partial charge in [-0.1, -0.05) is 18.2 Å². The molecule has 80 valence electrons. The second-order valence-corrected chi connectivity index (χ2v) is 4.47. The number of hydrogen-bond donors (Lipinski definition) is 1. The summed E-state index contributed by atoms with van der Waals surface area (Å²) in [6.07, 6.45) is 0.0618. The van der Waals surface area contributed by atoms with Gasteiger partial charge in [0.05, 0.1) is 4.90 Å². The van der Waals surface area contributed by atoms with Gasteiger partial charge >= 0.3 is 0 Å². The van der Waals surface area contributed by atoms with E-state index in [1.165, 1.54) is 25.1 Å². The lowest BCUT2D eigenvalue weighted by molar-refractivity contribution is -0.108. The summed E-state index contributed by atoms with van der Waals surface area (Å²) in [5, 5.41) is 0. The molecule has 1 aromatic rings. The highest BCUT2D eigenvalue weighted by Crippen LogP contribution is 2.15. The van der Waals surface area contributed by atoms with E-state index in [0.29, 0.717) is 0 Å². The minimum Gasteiger partial charge on any atom is -0.294 e. The average molecular weight is 227 g/mol. The smallest absolute Gasteiger partial charge is 0.264 e. The van der Waals surface area contributed by atoms with Gasteiger partial charge in [-0.25, -0.2) is 8.42 Å². The van der Waals surface area contributed by atoms with Crippen LogP contribution in [0.15, 0.2) is 29.2 Å². The topological polar surface area (TPSA) is 80.3 Å². The van der Waals surface area contributed by atoms with Crippen LogP contribution in [0, 0.1) is 0 Å². The summed E-state index contributed by atoms with van der Waals surface area (Å²) in [7, 11) is -3.92. The Balaban J connectivity index is 3.37. The standard InChI is InChI=1S/C9H9NO4S/c1-7(12)8-4-2-3-5-9(8)15(13,14)10-6-11/h2-6H,1H3,(H,10,11). The normalized spacial score (nSPS) is 10.7. The highest BCUT2D eigenvalue weighted by molar-refractivity contribution is 7.90. The fraction of sp³-hybridized carbons (Fsp3) is 0.111. The van der Waals surface area contributed by atoms with E-state index in [4.69, 9.17) is 0 Å². The Kier molecular flexibility index (Phi) is 3.21. The Morgan fingerprint density at radius 1 is 1.33 bits per heavy atom. The highest BCUT2D eigenvalue weighted by atomic mass is 32.2. The number of carbonyl (C=O) groups is 2. The molecule has 15 heavy (non-hydrogen) atoms. The van der Waals surface area contributed by atoms with Crippen molar-refractivity contribution < 1.29 is 18.0 Å². The summed E-state index contributed by atoms with van der Waals surface area (Å²) in [6.45, 7) is 1.26. The lowest BCUT2D eigenvalue weighted by Gasteiger charge is -2.05. The third kappa shape index (κ3) is 2.41. The molecule has 0 atom stereocenters. The number of hydrogen-bond acceptors (Lipinski definition) is 4. The summed E-state index contributed by atoms with van der Waals surface area (Å²) >= 11 is 0. The van der Waals surface area contributed by atoms with Crippen molar-refractivity contribution >= 4 is 22.2 Å². The van der Waals surface area contributed by atoms with Crippen molar-refractivity contribution in [3.05, 3.63) is 29.8 Å². The van der Waals surface area contributed by atoms with Crippen molar-refractivity contribution in [1.29, 1.82) is 0 Å². The molecule has 0 spiro atoms. The van der Waals surface area contributed by atoms with Crippen molar-refractivity contribution in [3.8, 4) is 0 Å². The van der Waals surface area contributed by atoms with Gasteiger partial charge in [0, 0.05) is 5.56 Å². The molecule has 5 nitrogen and oxygen atoms in total. The van der Waals surface area contributed by atoms with Crippen molar-refractivity contribution in [3.63, 3.8) is 0 Å². The van der Waals surface area contributed by atoms with Gasteiger partial charge in [-0.15, -0.1) is 0 Å². The van der Waals surface area contributed by atoms with Crippen LogP contribution in [0.3, 0.4) is 0 Å². The third-order valence-electron chi connectivity index (χ3n) is 1.76. The predicted octanol–water partition coefficient (Wildman–Crippen LogP) is 0.324. The highest BCUT2D eigenvalue weighted by Gasteiger charge is 2.18. The third-order valence-corrected chi connectivity index (χ3v) is 3.10. The monoisotopic (exact) mass is 227 g/mol. The molecule has 0 aliphatic rings. The van der Waals surface area contributed by atoms with Gasteiger partial charge < -0.3 is 0 Å². The van der Waals surface area contributed by atoms with Gasteiger partial charge in [0.2, 0.25) is 6.41 Å². The van der Waals surface area contributed by atoms with Crippen LogP contribution in [-0.4, -0.2) is 20.6 Å². The number of ketones is 1. The SMILES string of the molecule is CC(=O)c1ccccc1S(=O)(=O)NC=O. The summed E-state index contributed by atoms with van der Waals surface area (Å²) in [4.78, 5) is 21.0. The van der Waals surface area contributed by atoms with E-state index in [0.717, 1.165) is 0 Å². The summed E-state index contributed by atoms with van der Waals surface area (Å²) in [5.74, 6) is -0.373. The second kappa shape index (κ2) is 4.22. The Morgan fingerprint density at radius 3 is 2.47 bits per heavy atom. The molecule has 0 fully saturated rings. The van der Waals surface area contributed by atoms with E-state index in [-0.39, 0.29) is 22.7 Å². The van der Waals surface area contributed by atoms with Crippen LogP contribution < -0.4 is 4.72 Å². The quantitative estimate of drug-likeness (QED) is 0.593. The molecule has 1 aromatic carbocycles. The molecule has 0 saturated carbocycles. The average Bonchev–Trinajstić information content (AvgIpc) is 2.17. The molecule has 1 N–H and O–H groups in total. The van der Waals surface area contributed by atoms with E-state index in [1.54, 1.807) is 10.8 Å². The second-order valence-electron chi connectivity index (χ2n) is 2.79. The molecule has 0 radical (unpaired) electrons. The molecule has 0 saturated heterocycles. The van der Waals surface area contributed by atoms with Gasteiger partial charge in [-0.05, 0) is 13.0 Å². The van der Waals surface area contributed by atoms with Crippen LogP contribution in [0.25, 0.3) is 0 Å². The molecule has 6 heteroatoms. The van der Waals surface area contributed by atoms with Crippen LogP contribution in [0.2, 0.25) is 0 Å². The molecule has 0 aliphatic heterocycles. The van der Waals surface area contributed by atoms with E-state index in [2.05, 4.69) is 0 Å². The maximum absolute atomic E-state index is 11.5. The number of benzene rings is 1. The first-order chi connectivity index (χ1) is 6.99. The van der Waals surface area contributed by atoms with Gasteiger partial charge in [-0.3, -0.25) is 14.3 Å². The van der Waals surface area contributed by atoms with Crippen LogP contribution in [0.1, 0.15) is 17.3 Å². The fourth-order valence-corrected chi connectivity index (χ4v) is 2.13. The number of amides is 1. The van der Waals surface area contributed by atoms with Crippen molar-refractivity contribution in [1.82, 2.24) is 4.72 Å². The summed E-state index contributed by atoms with van der Waals surface area (Å²) in [6, 6.07) is 5.69. The zero-order valence-corrected chi connectivity index (χ0v) is 8.74. The lowest BCUT2D eigenvalue weighted by Crippen LogP contribution is -2.23. The number of sulfonamides is 1. The Morgan fingerprint density at radius 2 is 1.93 bits per heavy atom. The zero-order valence-electron chi connectivity index (χ0n) is 7.93. The molecule has 0 heterocycles. The first-order valence-corrected chi connectivity index (χ1v) is 5.53. The predicted molar refractivity (Wildman–Crippen MR) is 52.8 cm³/mol. The molecule has 1 rings (SSSR count). The maximum atomic E-state index is 11.5. The molecular weight excluding hydrogens is 218 g/mol. The molecule has 0 bridgehead atoms. The van der Waals surface area contributed by atoms with Gasteiger partial charge in [0.15, 0.2) is 5.78 Å². The minimum atomic E-state index is -3.92. The lowest BCUT2D eigenvalue weighted by atomic mass is 10.1. The van der Waals surface area contributed by atoms with Crippen LogP contribution in [-0.2, 0) is 14.8 Å². The van der Waals surface area contributed by atoms with Crippen molar-refractivity contribution in [2.75, 3.05) is 0 Å². The van der Waals surface area contributed by atoms with Crippen LogP contribution in [0.4, 0.5) is 0 Å². The van der Waals surface area contributed by atoms with E-state index >= 15 is 0 Å². The first kappa shape index (κ1) is 11.4. The van der Waals surface area contributed by atoms with Gasteiger partial charge in [-0.2, -0.15) is 0 Å². The molecular formula is C9H9NO4S. The van der Waals surface area contributed by atoms with Crippen LogP contribution >= 0.6 is 0 Å². The fourth-order valence-electron chi connectivity index (χ4n) is 1.12. The summed E-state index contributed by atoms with van der Waals surface area (Å²) < 4.78 is 24.6. The van der Waals surface area contributed by atoms with E-state index in [9.17, 15) is 18.0 Å². The largest absolute Gasteiger partial charge is 0.294 e. The molecule has 0 unspecified atom stereocenters. The Hall–Kier alpha value is -1.69. The Bertz CT molecular complexity index is 493.